The first-order valence-electron chi connectivity index (χ1n) is 5.15. The van der Waals surface area contributed by atoms with Crippen LogP contribution in [0.5, 0.6) is 0 Å². The SMILES string of the molecule is Cc1cc(F)ccc1Nc1cnc(C(=O)O)cn1. The lowest BCUT2D eigenvalue weighted by Crippen LogP contribution is -2.03. The highest BCUT2D eigenvalue weighted by Crippen LogP contribution is 2.19. The van der Waals surface area contributed by atoms with E-state index >= 15 is 0 Å². The van der Waals surface area contributed by atoms with E-state index in [1.807, 2.05) is 0 Å². The molecule has 6 heteroatoms. The molecule has 0 aliphatic rings. The van der Waals surface area contributed by atoms with Crippen molar-refractivity contribution < 1.29 is 14.3 Å². The molecule has 1 aromatic carbocycles. The molecule has 0 unspecified atom stereocenters. The Labute approximate surface area is 102 Å². The summed E-state index contributed by atoms with van der Waals surface area (Å²) in [5, 5.41) is 11.6. The Morgan fingerprint density at radius 3 is 2.67 bits per heavy atom. The second-order valence-electron chi connectivity index (χ2n) is 3.68. The summed E-state index contributed by atoms with van der Waals surface area (Å²) in [5.74, 6) is -1.05. The van der Waals surface area contributed by atoms with E-state index in [9.17, 15) is 9.18 Å². The van der Waals surface area contributed by atoms with E-state index in [0.29, 0.717) is 11.5 Å². The zero-order chi connectivity index (χ0) is 13.1. The first-order chi connectivity index (χ1) is 8.56. The Hall–Kier alpha value is -2.50. The van der Waals surface area contributed by atoms with Gasteiger partial charge in [-0.05, 0) is 30.7 Å². The van der Waals surface area contributed by atoms with Gasteiger partial charge in [-0.3, -0.25) is 0 Å². The summed E-state index contributed by atoms with van der Waals surface area (Å²) < 4.78 is 12.9. The van der Waals surface area contributed by atoms with Crippen molar-refractivity contribution in [2.75, 3.05) is 5.32 Å². The first-order valence-corrected chi connectivity index (χ1v) is 5.15. The molecule has 0 aliphatic heterocycles. The number of hydrogen-bond donors (Lipinski definition) is 2. The molecule has 0 saturated carbocycles. The summed E-state index contributed by atoms with van der Waals surface area (Å²) in [4.78, 5) is 18.2. The van der Waals surface area contributed by atoms with Crippen LogP contribution in [0.1, 0.15) is 16.1 Å². The van der Waals surface area contributed by atoms with Crippen LogP contribution in [0.15, 0.2) is 30.6 Å². The molecule has 0 spiro atoms. The summed E-state index contributed by atoms with van der Waals surface area (Å²) in [6.45, 7) is 1.75. The number of nitrogens with zero attached hydrogens (tertiary/aromatic N) is 2. The molecule has 18 heavy (non-hydrogen) atoms. The zero-order valence-electron chi connectivity index (χ0n) is 9.51. The molecule has 0 amide bonds. The van der Waals surface area contributed by atoms with Crippen molar-refractivity contribution in [1.29, 1.82) is 0 Å². The highest BCUT2D eigenvalue weighted by Gasteiger charge is 2.06. The highest BCUT2D eigenvalue weighted by molar-refractivity contribution is 5.85. The molecular formula is C12H10FN3O2. The maximum atomic E-state index is 12.9. The molecule has 0 fully saturated rings. The lowest BCUT2D eigenvalue weighted by molar-refractivity contribution is 0.0690. The number of nitrogens with one attached hydrogen (secondary N) is 1. The average Bonchev–Trinajstić information content (AvgIpc) is 2.33. The standard InChI is InChI=1S/C12H10FN3O2/c1-7-4-8(13)2-3-9(7)16-11-6-14-10(5-15-11)12(17)18/h2-6H,1H3,(H,15,16)(H,17,18). The van der Waals surface area contributed by atoms with Gasteiger partial charge in [-0.1, -0.05) is 0 Å². The van der Waals surface area contributed by atoms with Crippen molar-refractivity contribution in [1.82, 2.24) is 9.97 Å². The summed E-state index contributed by atoms with van der Waals surface area (Å²) in [6, 6.07) is 4.30. The number of halogens is 1. The number of rotatable bonds is 3. The highest BCUT2D eigenvalue weighted by atomic mass is 19.1. The Bertz CT molecular complexity index is 584. The number of carbonyl (C=O) groups is 1. The maximum absolute atomic E-state index is 12.9. The van der Waals surface area contributed by atoms with Gasteiger partial charge in [0.2, 0.25) is 0 Å². The van der Waals surface area contributed by atoms with Crippen LogP contribution in [0.2, 0.25) is 0 Å². The Balaban J connectivity index is 2.21. The van der Waals surface area contributed by atoms with Gasteiger partial charge in [-0.25, -0.2) is 19.2 Å². The molecule has 92 valence electrons. The summed E-state index contributed by atoms with van der Waals surface area (Å²) in [6.07, 6.45) is 2.47. The van der Waals surface area contributed by atoms with Crippen LogP contribution in [0.3, 0.4) is 0 Å². The first kappa shape index (κ1) is 12.0. The van der Waals surface area contributed by atoms with E-state index in [1.165, 1.54) is 18.3 Å². The van der Waals surface area contributed by atoms with Gasteiger partial charge in [0.15, 0.2) is 5.69 Å². The van der Waals surface area contributed by atoms with Crippen LogP contribution in [0, 0.1) is 12.7 Å². The van der Waals surface area contributed by atoms with E-state index in [-0.39, 0.29) is 11.5 Å². The minimum Gasteiger partial charge on any atom is -0.476 e. The monoisotopic (exact) mass is 247 g/mol. The molecule has 0 aliphatic carbocycles. The van der Waals surface area contributed by atoms with E-state index in [1.54, 1.807) is 13.0 Å². The zero-order valence-corrected chi connectivity index (χ0v) is 9.51. The number of benzene rings is 1. The Morgan fingerprint density at radius 1 is 1.33 bits per heavy atom. The minimum absolute atomic E-state index is 0.128. The third-order valence-electron chi connectivity index (χ3n) is 2.32. The molecular weight excluding hydrogens is 237 g/mol. The quantitative estimate of drug-likeness (QED) is 0.870. The lowest BCUT2D eigenvalue weighted by atomic mass is 10.2. The second kappa shape index (κ2) is 4.79. The van der Waals surface area contributed by atoms with Gasteiger partial charge in [0, 0.05) is 5.69 Å². The van der Waals surface area contributed by atoms with Gasteiger partial charge in [0.25, 0.3) is 0 Å². The van der Waals surface area contributed by atoms with E-state index in [4.69, 9.17) is 5.11 Å². The number of aromatic nitrogens is 2. The van der Waals surface area contributed by atoms with Crippen LogP contribution >= 0.6 is 0 Å². The molecule has 0 bridgehead atoms. The summed E-state index contributed by atoms with van der Waals surface area (Å²) in [7, 11) is 0. The molecule has 2 rings (SSSR count). The van der Waals surface area contributed by atoms with Crippen LogP contribution in [0.25, 0.3) is 0 Å². The topological polar surface area (TPSA) is 75.1 Å². The average molecular weight is 247 g/mol. The number of carboxylic acids is 1. The summed E-state index contributed by atoms with van der Waals surface area (Å²) >= 11 is 0. The second-order valence-corrected chi connectivity index (χ2v) is 3.68. The summed E-state index contributed by atoms with van der Waals surface area (Å²) in [5.41, 5.74) is 1.28. The van der Waals surface area contributed by atoms with Crippen molar-refractivity contribution in [2.45, 2.75) is 6.92 Å². The number of aryl methyl sites for hydroxylation is 1. The number of anilines is 2. The fourth-order valence-electron chi connectivity index (χ4n) is 1.41. The molecule has 1 heterocycles. The third kappa shape index (κ3) is 2.60. The molecule has 1 aromatic heterocycles. The van der Waals surface area contributed by atoms with Crippen molar-refractivity contribution in [2.24, 2.45) is 0 Å². The maximum Gasteiger partial charge on any atom is 0.356 e. The predicted octanol–water partition coefficient (Wildman–Crippen LogP) is 2.37. The number of aromatic carboxylic acids is 1. The van der Waals surface area contributed by atoms with Gasteiger partial charge in [-0.15, -0.1) is 0 Å². The van der Waals surface area contributed by atoms with Crippen LogP contribution in [-0.4, -0.2) is 21.0 Å². The number of hydrogen-bond acceptors (Lipinski definition) is 4. The smallest absolute Gasteiger partial charge is 0.356 e. The van der Waals surface area contributed by atoms with Gasteiger partial charge in [0.05, 0.1) is 12.4 Å². The van der Waals surface area contributed by atoms with Gasteiger partial charge >= 0.3 is 5.97 Å². The van der Waals surface area contributed by atoms with E-state index in [2.05, 4.69) is 15.3 Å². The lowest BCUT2D eigenvalue weighted by Gasteiger charge is -2.08. The molecule has 2 N–H and O–H groups in total. The van der Waals surface area contributed by atoms with Crippen LogP contribution in [0.4, 0.5) is 15.9 Å². The minimum atomic E-state index is -1.13. The van der Waals surface area contributed by atoms with Gasteiger partial charge < -0.3 is 10.4 Å². The molecule has 0 radical (unpaired) electrons. The fraction of sp³-hybridized carbons (Fsp3) is 0.0833. The van der Waals surface area contributed by atoms with Crippen molar-refractivity contribution >= 4 is 17.5 Å². The van der Waals surface area contributed by atoms with Crippen molar-refractivity contribution in [3.63, 3.8) is 0 Å². The van der Waals surface area contributed by atoms with Crippen LogP contribution < -0.4 is 5.32 Å². The molecule has 5 nitrogen and oxygen atoms in total. The predicted molar refractivity (Wildman–Crippen MR) is 63.4 cm³/mol. The van der Waals surface area contributed by atoms with Crippen molar-refractivity contribution in [3.8, 4) is 0 Å². The third-order valence-corrected chi connectivity index (χ3v) is 2.32. The van der Waals surface area contributed by atoms with E-state index in [0.717, 1.165) is 11.8 Å². The van der Waals surface area contributed by atoms with Crippen molar-refractivity contribution in [3.05, 3.63) is 47.7 Å². The normalized spacial score (nSPS) is 10.1. The Kier molecular flexibility index (Phi) is 3.18. The molecule has 2 aromatic rings. The number of carboxylic acid groups (broad SMARTS) is 1. The largest absolute Gasteiger partial charge is 0.476 e. The Morgan fingerprint density at radius 2 is 2.11 bits per heavy atom. The fourth-order valence-corrected chi connectivity index (χ4v) is 1.41. The van der Waals surface area contributed by atoms with Gasteiger partial charge in [-0.2, -0.15) is 0 Å². The molecule has 0 saturated heterocycles. The van der Waals surface area contributed by atoms with Gasteiger partial charge in [0.1, 0.15) is 11.6 Å². The molecule has 0 atom stereocenters. The van der Waals surface area contributed by atoms with Crippen LogP contribution in [-0.2, 0) is 0 Å². The van der Waals surface area contributed by atoms with E-state index < -0.39 is 5.97 Å².